The van der Waals surface area contributed by atoms with Crippen molar-refractivity contribution in [2.24, 2.45) is 0 Å². The third kappa shape index (κ3) is 5.38. The van der Waals surface area contributed by atoms with E-state index in [0.717, 1.165) is 22.4 Å². The first-order chi connectivity index (χ1) is 14.6. The fourth-order valence-electron chi connectivity index (χ4n) is 3.15. The topological polar surface area (TPSA) is 74.7 Å². The molecule has 0 aliphatic carbocycles. The van der Waals surface area contributed by atoms with Crippen LogP contribution in [-0.2, 0) is 17.5 Å². The van der Waals surface area contributed by atoms with Crippen LogP contribution >= 0.6 is 11.6 Å². The van der Waals surface area contributed by atoms with Gasteiger partial charge in [-0.05, 0) is 36.8 Å². The van der Waals surface area contributed by atoms with E-state index in [1.165, 1.54) is 9.80 Å². The van der Waals surface area contributed by atoms with Crippen molar-refractivity contribution in [3.8, 4) is 0 Å². The summed E-state index contributed by atoms with van der Waals surface area (Å²) in [5.74, 6) is -0.494. The molecule has 3 rings (SSSR count). The maximum Gasteiger partial charge on any atom is 0.421 e. The smallest absolute Gasteiger partial charge is 0.338 e. The molecular formula is C20H20ClF3N4O3. The van der Waals surface area contributed by atoms with Crippen molar-refractivity contribution in [1.82, 2.24) is 14.4 Å². The Labute approximate surface area is 181 Å². The summed E-state index contributed by atoms with van der Waals surface area (Å²) in [4.78, 5) is 39.8. The first-order valence-electron chi connectivity index (χ1n) is 9.43. The van der Waals surface area contributed by atoms with Gasteiger partial charge in [-0.2, -0.15) is 13.2 Å². The predicted octanol–water partition coefficient (Wildman–Crippen LogP) is 3.21. The Morgan fingerprint density at radius 3 is 2.35 bits per heavy atom. The lowest BCUT2D eigenvalue weighted by atomic mass is 10.2. The molecule has 2 aromatic rings. The lowest BCUT2D eigenvalue weighted by Gasteiger charge is -2.34. The van der Waals surface area contributed by atoms with Gasteiger partial charge in [0.1, 0.15) is 12.1 Å². The van der Waals surface area contributed by atoms with Crippen LogP contribution in [0.4, 0.5) is 23.7 Å². The van der Waals surface area contributed by atoms with Crippen LogP contribution in [0.1, 0.15) is 11.1 Å². The first-order valence-corrected chi connectivity index (χ1v) is 9.80. The number of carbonyl (C=O) groups is 2. The Bertz CT molecular complexity index is 1050. The number of aromatic nitrogens is 1. The Morgan fingerprint density at radius 1 is 1.10 bits per heavy atom. The minimum Gasteiger partial charge on any atom is -0.338 e. The number of anilines is 1. The summed E-state index contributed by atoms with van der Waals surface area (Å²) in [5.41, 5.74) is -1.16. The normalized spacial score (nSPS) is 14.5. The summed E-state index contributed by atoms with van der Waals surface area (Å²) in [6, 6.07) is 6.57. The Morgan fingerprint density at radius 2 is 1.74 bits per heavy atom. The predicted molar refractivity (Wildman–Crippen MR) is 109 cm³/mol. The number of carbonyl (C=O) groups excluding carboxylic acids is 2. The van der Waals surface area contributed by atoms with Gasteiger partial charge in [-0.3, -0.25) is 9.59 Å². The molecule has 1 aromatic carbocycles. The van der Waals surface area contributed by atoms with Gasteiger partial charge in [0.25, 0.3) is 5.56 Å². The van der Waals surface area contributed by atoms with Crippen LogP contribution in [0.5, 0.6) is 0 Å². The Balaban J connectivity index is 1.57. The molecule has 3 amide bonds. The summed E-state index contributed by atoms with van der Waals surface area (Å²) >= 11 is 6.05. The van der Waals surface area contributed by atoms with E-state index in [1.54, 1.807) is 18.2 Å². The molecular weight excluding hydrogens is 437 g/mol. The molecule has 166 valence electrons. The van der Waals surface area contributed by atoms with E-state index in [9.17, 15) is 27.6 Å². The molecule has 1 aliphatic rings. The van der Waals surface area contributed by atoms with E-state index in [-0.39, 0.29) is 32.2 Å². The summed E-state index contributed by atoms with van der Waals surface area (Å²) in [6.45, 7) is 2.24. The van der Waals surface area contributed by atoms with Gasteiger partial charge in [-0.25, -0.2) is 4.79 Å². The standard InChI is InChI=1S/C20H20ClF3N4O3/c1-13-4-5-14(11-16(13)21)25-19(31)27-9-7-26(8-10-27)17(29)12-28-6-2-3-15(18(28)30)20(22,23)24/h2-6,11H,7-10,12H2,1H3,(H,25,31). The molecule has 0 radical (unpaired) electrons. The molecule has 1 aliphatic heterocycles. The van der Waals surface area contributed by atoms with Crippen molar-refractivity contribution >= 4 is 29.2 Å². The van der Waals surface area contributed by atoms with Gasteiger partial charge in [0.15, 0.2) is 0 Å². The number of hydrogen-bond donors (Lipinski definition) is 1. The number of urea groups is 1. The molecule has 0 unspecified atom stereocenters. The summed E-state index contributed by atoms with van der Waals surface area (Å²) in [5, 5.41) is 3.26. The van der Waals surface area contributed by atoms with Gasteiger partial charge in [-0.1, -0.05) is 17.7 Å². The zero-order valence-corrected chi connectivity index (χ0v) is 17.3. The second-order valence-electron chi connectivity index (χ2n) is 7.11. The summed E-state index contributed by atoms with van der Waals surface area (Å²) in [6.07, 6.45) is -3.64. The molecule has 0 bridgehead atoms. The molecule has 0 spiro atoms. The zero-order chi connectivity index (χ0) is 22.8. The molecule has 1 aromatic heterocycles. The fraction of sp³-hybridized carbons (Fsp3) is 0.350. The van der Waals surface area contributed by atoms with Crippen molar-refractivity contribution in [1.29, 1.82) is 0 Å². The number of rotatable bonds is 3. The SMILES string of the molecule is Cc1ccc(NC(=O)N2CCN(C(=O)Cn3cccc(C(F)(F)F)c3=O)CC2)cc1Cl. The minimum absolute atomic E-state index is 0.203. The second-order valence-corrected chi connectivity index (χ2v) is 7.52. The van der Waals surface area contributed by atoms with Crippen molar-refractivity contribution < 1.29 is 22.8 Å². The third-order valence-corrected chi connectivity index (χ3v) is 5.38. The highest BCUT2D eigenvalue weighted by molar-refractivity contribution is 6.31. The summed E-state index contributed by atoms with van der Waals surface area (Å²) in [7, 11) is 0. The number of piperazine rings is 1. The number of pyridine rings is 1. The zero-order valence-electron chi connectivity index (χ0n) is 16.6. The van der Waals surface area contributed by atoms with Gasteiger partial charge < -0.3 is 19.7 Å². The van der Waals surface area contributed by atoms with Gasteiger partial charge >= 0.3 is 12.2 Å². The van der Waals surface area contributed by atoms with E-state index in [4.69, 9.17) is 11.6 Å². The van der Waals surface area contributed by atoms with Crippen LogP contribution in [0.3, 0.4) is 0 Å². The van der Waals surface area contributed by atoms with Crippen molar-refractivity contribution in [3.05, 3.63) is 63.0 Å². The third-order valence-electron chi connectivity index (χ3n) is 4.97. The number of amides is 3. The highest BCUT2D eigenvalue weighted by atomic mass is 35.5. The largest absolute Gasteiger partial charge is 0.421 e. The van der Waals surface area contributed by atoms with E-state index in [0.29, 0.717) is 16.8 Å². The van der Waals surface area contributed by atoms with Crippen LogP contribution in [0.25, 0.3) is 0 Å². The van der Waals surface area contributed by atoms with E-state index in [1.807, 2.05) is 6.92 Å². The van der Waals surface area contributed by atoms with Crippen molar-refractivity contribution in [2.45, 2.75) is 19.6 Å². The number of hydrogen-bond acceptors (Lipinski definition) is 3. The first kappa shape index (κ1) is 22.7. The number of nitrogens with zero attached hydrogens (tertiary/aromatic N) is 3. The molecule has 0 atom stereocenters. The van der Waals surface area contributed by atoms with Gasteiger partial charge in [0.05, 0.1) is 0 Å². The number of halogens is 4. The Hall–Kier alpha value is -3.01. The average Bonchev–Trinajstić information content (AvgIpc) is 2.71. The van der Waals surface area contributed by atoms with E-state index in [2.05, 4.69) is 5.32 Å². The fourth-order valence-corrected chi connectivity index (χ4v) is 3.34. The van der Waals surface area contributed by atoms with Gasteiger partial charge in [0.2, 0.25) is 5.91 Å². The number of alkyl halides is 3. The molecule has 11 heteroatoms. The van der Waals surface area contributed by atoms with Gasteiger partial charge in [-0.15, -0.1) is 0 Å². The molecule has 7 nitrogen and oxygen atoms in total. The van der Waals surface area contributed by atoms with Gasteiger partial charge in [0, 0.05) is 43.1 Å². The number of aryl methyl sites for hydroxylation is 1. The molecule has 1 fully saturated rings. The summed E-state index contributed by atoms with van der Waals surface area (Å²) < 4.78 is 39.4. The minimum atomic E-state index is -4.79. The monoisotopic (exact) mass is 456 g/mol. The van der Waals surface area contributed by atoms with E-state index >= 15 is 0 Å². The van der Waals surface area contributed by atoms with Crippen LogP contribution in [0.15, 0.2) is 41.3 Å². The quantitative estimate of drug-likeness (QED) is 0.770. The lowest BCUT2D eigenvalue weighted by molar-refractivity contribution is -0.139. The number of benzene rings is 1. The van der Waals surface area contributed by atoms with E-state index < -0.39 is 29.8 Å². The van der Waals surface area contributed by atoms with Crippen LogP contribution < -0.4 is 10.9 Å². The molecule has 1 N–H and O–H groups in total. The molecule has 1 saturated heterocycles. The van der Waals surface area contributed by atoms with Crippen molar-refractivity contribution in [3.63, 3.8) is 0 Å². The van der Waals surface area contributed by atoms with Crippen LogP contribution in [-0.4, -0.2) is 52.5 Å². The Kier molecular flexibility index (Phi) is 6.59. The lowest BCUT2D eigenvalue weighted by Crippen LogP contribution is -2.52. The average molecular weight is 457 g/mol. The van der Waals surface area contributed by atoms with Crippen LogP contribution in [0, 0.1) is 6.92 Å². The molecule has 0 saturated carbocycles. The van der Waals surface area contributed by atoms with Crippen molar-refractivity contribution in [2.75, 3.05) is 31.5 Å². The molecule has 2 heterocycles. The highest BCUT2D eigenvalue weighted by Gasteiger charge is 2.34. The molecule has 31 heavy (non-hydrogen) atoms. The van der Waals surface area contributed by atoms with Crippen LogP contribution in [0.2, 0.25) is 5.02 Å². The highest BCUT2D eigenvalue weighted by Crippen LogP contribution is 2.26. The maximum absolute atomic E-state index is 12.9. The second kappa shape index (κ2) is 9.01. The number of nitrogens with one attached hydrogen (secondary N) is 1. The maximum atomic E-state index is 12.9.